The number of esters is 1. The lowest BCUT2D eigenvalue weighted by Crippen LogP contribution is -2.23. The summed E-state index contributed by atoms with van der Waals surface area (Å²) in [6, 6.07) is 8.88. The third-order valence-electron chi connectivity index (χ3n) is 1.58. The van der Waals surface area contributed by atoms with E-state index in [0.717, 1.165) is 0 Å². The fourth-order valence-corrected chi connectivity index (χ4v) is 0.855. The van der Waals surface area contributed by atoms with Gasteiger partial charge in [0, 0.05) is 6.54 Å². The molecule has 0 unspecified atom stereocenters. The highest BCUT2D eigenvalue weighted by Crippen LogP contribution is 1.98. The van der Waals surface area contributed by atoms with Crippen LogP contribution in [0.25, 0.3) is 0 Å². The minimum absolute atomic E-state index is 0.106. The van der Waals surface area contributed by atoms with Gasteiger partial charge in [-0.05, 0) is 12.1 Å². The molecule has 0 aromatic heterocycles. The lowest BCUT2D eigenvalue weighted by Gasteiger charge is -1.95. The van der Waals surface area contributed by atoms with Gasteiger partial charge in [0.1, 0.15) is 0 Å². The molecule has 0 saturated carbocycles. The molecule has 0 fully saturated rings. The average Bonchev–Trinajstić information content (AvgIpc) is 2.37. The Morgan fingerprint density at radius 1 is 1.29 bits per heavy atom. The van der Waals surface area contributed by atoms with Crippen molar-refractivity contribution in [2.45, 2.75) is 0 Å². The van der Waals surface area contributed by atoms with Gasteiger partial charge in [-0.15, -0.1) is 0 Å². The van der Waals surface area contributed by atoms with E-state index in [1.165, 1.54) is 7.11 Å². The molecule has 0 radical (unpaired) electrons. The Morgan fingerprint density at radius 2 is 1.88 bits per heavy atom. The molecule has 0 bridgehead atoms. The number of benzene rings is 1. The molecule has 6 heteroatoms. The van der Waals surface area contributed by atoms with Crippen molar-refractivity contribution in [3.8, 4) is 0 Å². The van der Waals surface area contributed by atoms with E-state index in [2.05, 4.69) is 4.74 Å². The van der Waals surface area contributed by atoms with Gasteiger partial charge in [-0.2, -0.15) is 0 Å². The van der Waals surface area contributed by atoms with E-state index in [1.807, 2.05) is 11.4 Å². The van der Waals surface area contributed by atoms with Gasteiger partial charge < -0.3 is 20.3 Å². The van der Waals surface area contributed by atoms with Crippen molar-refractivity contribution >= 4 is 12.1 Å². The van der Waals surface area contributed by atoms with E-state index < -0.39 is 6.09 Å². The van der Waals surface area contributed by atoms with Crippen molar-refractivity contribution in [1.29, 1.82) is 0 Å². The van der Waals surface area contributed by atoms with Crippen LogP contribution in [-0.4, -0.2) is 42.5 Å². The summed E-state index contributed by atoms with van der Waals surface area (Å²) < 4.78 is 4.50. The number of methoxy groups -OCH3 is 1. The van der Waals surface area contributed by atoms with E-state index in [1.54, 1.807) is 24.3 Å². The lowest BCUT2D eigenvalue weighted by atomic mass is 10.2. The number of aliphatic hydroxyl groups is 1. The SMILES string of the molecule is COC(=O)c1ccccc1.O=C(O)NCCO. The Bertz CT molecular complexity index is 339. The first kappa shape index (κ1) is 14.9. The van der Waals surface area contributed by atoms with Crippen LogP contribution >= 0.6 is 0 Å². The molecule has 0 aliphatic carbocycles. The van der Waals surface area contributed by atoms with E-state index in [4.69, 9.17) is 10.2 Å². The molecule has 1 amide bonds. The van der Waals surface area contributed by atoms with Gasteiger partial charge in [0.05, 0.1) is 19.3 Å². The number of ether oxygens (including phenoxy) is 1. The quantitative estimate of drug-likeness (QED) is 0.677. The topological polar surface area (TPSA) is 95.9 Å². The number of amides is 1. The lowest BCUT2D eigenvalue weighted by molar-refractivity contribution is 0.0600. The third-order valence-corrected chi connectivity index (χ3v) is 1.58. The van der Waals surface area contributed by atoms with Gasteiger partial charge in [-0.25, -0.2) is 9.59 Å². The zero-order chi connectivity index (χ0) is 13.1. The zero-order valence-corrected chi connectivity index (χ0v) is 9.42. The molecule has 1 aromatic carbocycles. The Hall–Kier alpha value is -2.08. The first-order valence-electron chi connectivity index (χ1n) is 4.82. The normalized spacial score (nSPS) is 8.59. The fraction of sp³-hybridized carbons (Fsp3) is 0.273. The number of nitrogens with one attached hydrogen (secondary N) is 1. The summed E-state index contributed by atoms with van der Waals surface area (Å²) in [6.07, 6.45) is -1.10. The van der Waals surface area contributed by atoms with Gasteiger partial charge in [0.15, 0.2) is 0 Å². The molecule has 3 N–H and O–H groups in total. The summed E-state index contributed by atoms with van der Waals surface area (Å²) in [6.45, 7) is -0.0400. The molecule has 0 aliphatic rings. The smallest absolute Gasteiger partial charge is 0.404 e. The van der Waals surface area contributed by atoms with Crippen molar-refractivity contribution in [2.24, 2.45) is 0 Å². The molecule has 0 aliphatic heterocycles. The number of rotatable bonds is 3. The summed E-state index contributed by atoms with van der Waals surface area (Å²) in [5.74, 6) is -0.291. The summed E-state index contributed by atoms with van der Waals surface area (Å²) in [5, 5.41) is 17.8. The fourth-order valence-electron chi connectivity index (χ4n) is 0.855. The Labute approximate surface area is 98.8 Å². The molecule has 94 valence electrons. The molecular formula is C11H15NO5. The minimum Gasteiger partial charge on any atom is -0.465 e. The Kier molecular flexibility index (Phi) is 8.05. The first-order valence-corrected chi connectivity index (χ1v) is 4.82. The largest absolute Gasteiger partial charge is 0.465 e. The van der Waals surface area contributed by atoms with Gasteiger partial charge in [-0.3, -0.25) is 0 Å². The molecule has 1 aromatic rings. The number of hydrogen-bond donors (Lipinski definition) is 3. The molecule has 0 heterocycles. The summed E-state index contributed by atoms with van der Waals surface area (Å²) in [7, 11) is 1.37. The van der Waals surface area contributed by atoms with Crippen LogP contribution in [0, 0.1) is 0 Å². The van der Waals surface area contributed by atoms with E-state index in [0.29, 0.717) is 5.56 Å². The molecule has 0 spiro atoms. The molecule has 1 rings (SSSR count). The van der Waals surface area contributed by atoms with Crippen molar-refractivity contribution in [3.05, 3.63) is 35.9 Å². The highest BCUT2D eigenvalue weighted by molar-refractivity contribution is 5.89. The Balaban J connectivity index is 0.000000325. The van der Waals surface area contributed by atoms with Gasteiger partial charge in [0.2, 0.25) is 0 Å². The summed E-state index contributed by atoms with van der Waals surface area (Å²) >= 11 is 0. The van der Waals surface area contributed by atoms with Crippen LogP contribution in [0.5, 0.6) is 0 Å². The molecule has 0 atom stereocenters. The van der Waals surface area contributed by atoms with Crippen LogP contribution < -0.4 is 5.32 Å². The number of hydrogen-bond acceptors (Lipinski definition) is 4. The van der Waals surface area contributed by atoms with E-state index in [-0.39, 0.29) is 19.1 Å². The number of carbonyl (C=O) groups is 2. The van der Waals surface area contributed by atoms with Crippen molar-refractivity contribution in [3.63, 3.8) is 0 Å². The second kappa shape index (κ2) is 9.17. The van der Waals surface area contributed by atoms with Crippen LogP contribution in [-0.2, 0) is 4.74 Å². The number of aliphatic hydroxyl groups excluding tert-OH is 1. The Morgan fingerprint density at radius 3 is 2.24 bits per heavy atom. The van der Waals surface area contributed by atoms with Gasteiger partial charge >= 0.3 is 12.1 Å². The summed E-state index contributed by atoms with van der Waals surface area (Å²) in [5.41, 5.74) is 0.588. The molecule has 0 saturated heterocycles. The van der Waals surface area contributed by atoms with Crippen LogP contribution in [0.15, 0.2) is 30.3 Å². The second-order valence-corrected chi connectivity index (χ2v) is 2.81. The highest BCUT2D eigenvalue weighted by Gasteiger charge is 2.00. The van der Waals surface area contributed by atoms with Crippen molar-refractivity contribution in [2.75, 3.05) is 20.3 Å². The van der Waals surface area contributed by atoms with Crippen LogP contribution in [0.1, 0.15) is 10.4 Å². The maximum Gasteiger partial charge on any atom is 0.404 e. The maximum atomic E-state index is 10.8. The number of carboxylic acid groups (broad SMARTS) is 1. The summed E-state index contributed by atoms with van der Waals surface area (Å²) in [4.78, 5) is 20.3. The van der Waals surface area contributed by atoms with E-state index >= 15 is 0 Å². The van der Waals surface area contributed by atoms with Crippen LogP contribution in [0.4, 0.5) is 4.79 Å². The molecule has 17 heavy (non-hydrogen) atoms. The van der Waals surface area contributed by atoms with Crippen LogP contribution in [0.2, 0.25) is 0 Å². The monoisotopic (exact) mass is 241 g/mol. The van der Waals surface area contributed by atoms with Crippen molar-refractivity contribution < 1.29 is 24.5 Å². The average molecular weight is 241 g/mol. The van der Waals surface area contributed by atoms with Gasteiger partial charge in [-0.1, -0.05) is 18.2 Å². The first-order chi connectivity index (χ1) is 8.11. The highest BCUT2D eigenvalue weighted by atomic mass is 16.5. The predicted molar refractivity (Wildman–Crippen MR) is 60.9 cm³/mol. The van der Waals surface area contributed by atoms with Crippen LogP contribution in [0.3, 0.4) is 0 Å². The van der Waals surface area contributed by atoms with E-state index in [9.17, 15) is 9.59 Å². The van der Waals surface area contributed by atoms with Gasteiger partial charge in [0.25, 0.3) is 0 Å². The van der Waals surface area contributed by atoms with Crippen molar-refractivity contribution in [1.82, 2.24) is 5.32 Å². The maximum absolute atomic E-state index is 10.8. The number of carbonyl (C=O) groups excluding carboxylic acids is 1. The third kappa shape index (κ3) is 7.80. The minimum atomic E-state index is -1.10. The molecule has 6 nitrogen and oxygen atoms in total. The predicted octanol–water partition coefficient (Wildman–Crippen LogP) is 0.719. The standard InChI is InChI=1S/C8H8O2.C3H7NO3/c1-10-8(9)7-5-3-2-4-6-7;5-2-1-4-3(6)7/h2-6H,1H3;4-5H,1-2H2,(H,6,7). The second-order valence-electron chi connectivity index (χ2n) is 2.81. The molecular weight excluding hydrogens is 226 g/mol. The zero-order valence-electron chi connectivity index (χ0n) is 9.42.